The first-order valence-electron chi connectivity index (χ1n) is 6.58. The van der Waals surface area contributed by atoms with Gasteiger partial charge >= 0.3 is 0 Å². The van der Waals surface area contributed by atoms with Gasteiger partial charge in [-0.2, -0.15) is 13.9 Å². The van der Waals surface area contributed by atoms with Gasteiger partial charge in [0.25, 0.3) is 5.92 Å². The molecule has 2 nitrogen and oxygen atoms in total. The van der Waals surface area contributed by atoms with Crippen LogP contribution in [-0.2, 0) is 18.9 Å². The number of hydrogen-bond donors (Lipinski definition) is 0. The summed E-state index contributed by atoms with van der Waals surface area (Å²) < 4.78 is 28.0. The standard InChI is InChI=1S/C9H12F2N2.2C2H6/c1-2-7-6-8-9(10,11)4-3-5-13(8)12-7;2*1-2/h6H,2-5H2,1H3;2*1-2H3. The van der Waals surface area contributed by atoms with Gasteiger partial charge in [0.15, 0.2) is 0 Å². The van der Waals surface area contributed by atoms with Crippen molar-refractivity contribution in [3.8, 4) is 0 Å². The Bertz CT molecular complexity index is 319. The number of rotatable bonds is 1. The second-order valence-corrected chi connectivity index (χ2v) is 3.41. The van der Waals surface area contributed by atoms with E-state index in [0.717, 1.165) is 12.1 Å². The van der Waals surface area contributed by atoms with Crippen LogP contribution >= 0.6 is 0 Å². The number of nitrogens with zero attached hydrogens (tertiary/aromatic N) is 2. The molecule has 0 aliphatic carbocycles. The Hall–Kier alpha value is -0.930. The first-order chi connectivity index (χ1) is 8.13. The smallest absolute Gasteiger partial charge is 0.263 e. The molecule has 0 saturated heterocycles. The monoisotopic (exact) mass is 246 g/mol. The van der Waals surface area contributed by atoms with Crippen LogP contribution < -0.4 is 0 Å². The van der Waals surface area contributed by atoms with Crippen molar-refractivity contribution < 1.29 is 8.78 Å². The molecule has 0 N–H and O–H groups in total. The summed E-state index contributed by atoms with van der Waals surface area (Å²) >= 11 is 0. The zero-order chi connectivity index (χ0) is 13.5. The fourth-order valence-corrected chi connectivity index (χ4v) is 1.69. The largest absolute Gasteiger partial charge is 0.289 e. The van der Waals surface area contributed by atoms with Crippen molar-refractivity contribution in [2.75, 3.05) is 0 Å². The molecule has 17 heavy (non-hydrogen) atoms. The number of alkyl halides is 2. The van der Waals surface area contributed by atoms with Crippen LogP contribution in [0, 0.1) is 0 Å². The third kappa shape index (κ3) is 3.79. The van der Waals surface area contributed by atoms with Gasteiger partial charge in [-0.1, -0.05) is 34.6 Å². The van der Waals surface area contributed by atoms with Gasteiger partial charge in [-0.15, -0.1) is 0 Å². The molecule has 1 aliphatic rings. The van der Waals surface area contributed by atoms with Gasteiger partial charge in [0, 0.05) is 13.0 Å². The Balaban J connectivity index is 0.000000581. The van der Waals surface area contributed by atoms with Crippen LogP contribution in [-0.4, -0.2) is 9.78 Å². The third-order valence-corrected chi connectivity index (χ3v) is 2.43. The maximum atomic E-state index is 13.3. The molecule has 0 unspecified atom stereocenters. The quantitative estimate of drug-likeness (QED) is 0.719. The van der Waals surface area contributed by atoms with Gasteiger partial charge in [-0.3, -0.25) is 4.68 Å². The number of aryl methyl sites for hydroxylation is 2. The number of aromatic nitrogens is 2. The summed E-state index contributed by atoms with van der Waals surface area (Å²) in [6, 6.07) is 1.53. The molecule has 2 heterocycles. The van der Waals surface area contributed by atoms with Crippen LogP contribution in [0.4, 0.5) is 8.78 Å². The predicted octanol–water partition coefficient (Wildman–Crippen LogP) is 4.38. The van der Waals surface area contributed by atoms with Crippen LogP contribution in [0.5, 0.6) is 0 Å². The molecule has 0 spiro atoms. The molecule has 0 bridgehead atoms. The van der Waals surface area contributed by atoms with Gasteiger partial charge in [-0.25, -0.2) is 0 Å². The molecule has 0 atom stereocenters. The normalized spacial score (nSPS) is 15.9. The molecule has 1 aromatic heterocycles. The van der Waals surface area contributed by atoms with Crippen LogP contribution in [0.15, 0.2) is 6.07 Å². The summed E-state index contributed by atoms with van der Waals surface area (Å²) in [4.78, 5) is 0. The Kier molecular flexibility index (Phi) is 7.00. The third-order valence-electron chi connectivity index (χ3n) is 2.43. The van der Waals surface area contributed by atoms with Crippen molar-refractivity contribution in [3.63, 3.8) is 0 Å². The molecule has 4 heteroatoms. The SMILES string of the molecule is CC.CC.CCc1cc2n(n1)CCCC2(F)F. The second kappa shape index (κ2) is 7.41. The molecule has 0 fully saturated rings. The first kappa shape index (κ1) is 16.1. The van der Waals surface area contributed by atoms with E-state index in [1.807, 2.05) is 34.6 Å². The minimum Gasteiger partial charge on any atom is -0.263 e. The van der Waals surface area contributed by atoms with Crippen molar-refractivity contribution in [1.82, 2.24) is 9.78 Å². The van der Waals surface area contributed by atoms with Gasteiger partial charge in [0.1, 0.15) is 5.69 Å². The maximum Gasteiger partial charge on any atom is 0.289 e. The highest BCUT2D eigenvalue weighted by atomic mass is 19.3. The highest BCUT2D eigenvalue weighted by Gasteiger charge is 2.38. The Labute approximate surface area is 103 Å². The zero-order valence-corrected chi connectivity index (χ0v) is 11.6. The van der Waals surface area contributed by atoms with Crippen molar-refractivity contribution in [3.05, 3.63) is 17.5 Å². The molecule has 0 amide bonds. The van der Waals surface area contributed by atoms with E-state index in [9.17, 15) is 8.78 Å². The van der Waals surface area contributed by atoms with E-state index < -0.39 is 5.92 Å². The minimum absolute atomic E-state index is 0.0398. The fraction of sp³-hybridized carbons (Fsp3) is 0.769. The molecule has 0 radical (unpaired) electrons. The lowest BCUT2D eigenvalue weighted by Gasteiger charge is -2.22. The Morgan fingerprint density at radius 2 is 1.88 bits per heavy atom. The van der Waals surface area contributed by atoms with Gasteiger partial charge in [0.05, 0.1) is 5.69 Å². The first-order valence-corrected chi connectivity index (χ1v) is 6.58. The van der Waals surface area contributed by atoms with E-state index in [-0.39, 0.29) is 12.1 Å². The predicted molar refractivity (Wildman–Crippen MR) is 67.4 cm³/mol. The van der Waals surface area contributed by atoms with Crippen LogP contribution in [0.25, 0.3) is 0 Å². The summed E-state index contributed by atoms with van der Waals surface area (Å²) in [5, 5.41) is 4.10. The van der Waals surface area contributed by atoms with Gasteiger partial charge < -0.3 is 0 Å². The van der Waals surface area contributed by atoms with E-state index in [1.54, 1.807) is 0 Å². The molecule has 2 rings (SSSR count). The lowest BCUT2D eigenvalue weighted by atomic mass is 10.1. The summed E-state index contributed by atoms with van der Waals surface area (Å²) in [6.07, 6.45) is 1.20. The number of halogens is 2. The van der Waals surface area contributed by atoms with Crippen LogP contribution in [0.3, 0.4) is 0 Å². The molecule has 100 valence electrons. The Morgan fingerprint density at radius 1 is 1.29 bits per heavy atom. The summed E-state index contributed by atoms with van der Waals surface area (Å²) in [7, 11) is 0. The molecule has 1 aliphatic heterocycles. The molecule has 0 saturated carbocycles. The highest BCUT2D eigenvalue weighted by Crippen LogP contribution is 2.36. The Morgan fingerprint density at radius 3 is 2.35 bits per heavy atom. The van der Waals surface area contributed by atoms with Crippen molar-refractivity contribution >= 4 is 0 Å². The number of fused-ring (bicyclic) bond motifs is 1. The maximum absolute atomic E-state index is 13.3. The lowest BCUT2D eigenvalue weighted by molar-refractivity contribution is -0.0364. The molecular formula is C13H24F2N2. The van der Waals surface area contributed by atoms with Crippen LogP contribution in [0.2, 0.25) is 0 Å². The highest BCUT2D eigenvalue weighted by molar-refractivity contribution is 5.16. The lowest BCUT2D eigenvalue weighted by Crippen LogP contribution is -2.25. The van der Waals surface area contributed by atoms with Gasteiger partial charge in [-0.05, 0) is 18.9 Å². The number of hydrogen-bond acceptors (Lipinski definition) is 1. The van der Waals surface area contributed by atoms with Gasteiger partial charge in [0.2, 0.25) is 0 Å². The molecule has 1 aromatic rings. The summed E-state index contributed by atoms with van der Waals surface area (Å²) in [6.45, 7) is 10.6. The zero-order valence-electron chi connectivity index (χ0n) is 11.6. The fourth-order valence-electron chi connectivity index (χ4n) is 1.69. The topological polar surface area (TPSA) is 17.8 Å². The van der Waals surface area contributed by atoms with Crippen molar-refractivity contribution in [1.29, 1.82) is 0 Å². The average Bonchev–Trinajstić information content (AvgIpc) is 2.79. The van der Waals surface area contributed by atoms with E-state index in [4.69, 9.17) is 0 Å². The van der Waals surface area contributed by atoms with E-state index >= 15 is 0 Å². The van der Waals surface area contributed by atoms with Crippen molar-refractivity contribution in [2.24, 2.45) is 0 Å². The van der Waals surface area contributed by atoms with E-state index in [0.29, 0.717) is 13.0 Å². The molecular weight excluding hydrogens is 222 g/mol. The summed E-state index contributed by atoms with van der Waals surface area (Å²) in [5.41, 5.74) is 0.854. The average molecular weight is 246 g/mol. The molecule has 0 aromatic carbocycles. The second-order valence-electron chi connectivity index (χ2n) is 3.41. The van der Waals surface area contributed by atoms with E-state index in [1.165, 1.54) is 10.7 Å². The van der Waals surface area contributed by atoms with Crippen LogP contribution in [0.1, 0.15) is 58.8 Å². The minimum atomic E-state index is -2.67. The summed E-state index contributed by atoms with van der Waals surface area (Å²) in [5.74, 6) is -2.67. The van der Waals surface area contributed by atoms with E-state index in [2.05, 4.69) is 5.10 Å². The van der Waals surface area contributed by atoms with Crippen molar-refractivity contribution in [2.45, 2.75) is 66.3 Å².